The summed E-state index contributed by atoms with van der Waals surface area (Å²) in [5.41, 5.74) is 0. The van der Waals surface area contributed by atoms with Crippen molar-refractivity contribution in [1.82, 2.24) is 0 Å². The second kappa shape index (κ2) is 4.04. The molecule has 0 fully saturated rings. The maximum atomic E-state index is 10.4. The van der Waals surface area contributed by atoms with E-state index in [2.05, 4.69) is 0 Å². The third kappa shape index (κ3) is 2.33. The van der Waals surface area contributed by atoms with E-state index in [4.69, 9.17) is 4.52 Å². The Labute approximate surface area is 101 Å². The minimum absolute atomic E-state index is 0.268. The molecule has 0 aromatic heterocycles. The zero-order chi connectivity index (χ0) is 12.5. The maximum absolute atomic E-state index is 10.4. The molecule has 2 aromatic carbocycles. The van der Waals surface area contributed by atoms with Gasteiger partial charge in [0.15, 0.2) is 0 Å². The van der Waals surface area contributed by atoms with Crippen LogP contribution in [-0.2, 0) is 4.52 Å². The van der Waals surface area contributed by atoms with Crippen LogP contribution in [-0.4, -0.2) is 23.1 Å². The number of hydrogen-bond acceptors (Lipinski definition) is 3. The normalized spacial score (nSPS) is 14.5. The molecule has 2 rings (SSSR count). The molecule has 0 aliphatic rings. The summed E-state index contributed by atoms with van der Waals surface area (Å²) in [6.45, 7) is 3.41. The van der Waals surface area contributed by atoms with Gasteiger partial charge in [0.25, 0.3) is 0 Å². The topological polar surface area (TPSA) is 49.7 Å². The van der Waals surface area contributed by atoms with Crippen LogP contribution in [0.3, 0.4) is 0 Å². The Kier molecular flexibility index (Phi) is 2.96. The third-order valence-electron chi connectivity index (χ3n) is 2.76. The van der Waals surface area contributed by atoms with E-state index in [1.54, 1.807) is 13.0 Å². The standard InChI is InChI=1S/C13H17O3P/c1-3-16-17(2,14,15)13-10-6-8-11-7-4-5-9-12(11)13/h4-10,14-15H,3H2,1-2H3. The van der Waals surface area contributed by atoms with E-state index in [1.165, 1.54) is 6.66 Å². The van der Waals surface area contributed by atoms with Crippen LogP contribution in [0.1, 0.15) is 6.92 Å². The molecule has 0 saturated carbocycles. The molecule has 0 radical (unpaired) electrons. The summed E-state index contributed by atoms with van der Waals surface area (Å²) in [6.07, 6.45) is 0. The molecule has 0 unspecified atom stereocenters. The predicted molar refractivity (Wildman–Crippen MR) is 72.5 cm³/mol. The summed E-state index contributed by atoms with van der Waals surface area (Å²) in [6, 6.07) is 13.1. The van der Waals surface area contributed by atoms with Gasteiger partial charge in [0.1, 0.15) is 0 Å². The molecule has 0 atom stereocenters. The molecule has 0 amide bonds. The summed E-state index contributed by atoms with van der Waals surface area (Å²) in [4.78, 5) is 20.8. The number of hydrogen-bond donors (Lipinski definition) is 2. The minimum atomic E-state index is -4.22. The van der Waals surface area contributed by atoms with E-state index >= 15 is 0 Å². The van der Waals surface area contributed by atoms with E-state index in [0.717, 1.165) is 10.8 Å². The van der Waals surface area contributed by atoms with Crippen molar-refractivity contribution in [1.29, 1.82) is 0 Å². The van der Waals surface area contributed by atoms with Crippen molar-refractivity contribution < 1.29 is 14.3 Å². The van der Waals surface area contributed by atoms with Crippen molar-refractivity contribution in [2.24, 2.45) is 0 Å². The van der Waals surface area contributed by atoms with Crippen LogP contribution in [0.25, 0.3) is 10.8 Å². The van der Waals surface area contributed by atoms with Gasteiger partial charge in [0, 0.05) is 0 Å². The molecule has 0 aliphatic heterocycles. The van der Waals surface area contributed by atoms with Crippen LogP contribution in [0.2, 0.25) is 0 Å². The molecule has 0 saturated heterocycles. The first kappa shape index (κ1) is 12.5. The molecule has 0 spiro atoms. The first-order valence-electron chi connectivity index (χ1n) is 5.57. The van der Waals surface area contributed by atoms with Gasteiger partial charge in [-0.1, -0.05) is 0 Å². The van der Waals surface area contributed by atoms with Gasteiger partial charge in [-0.2, -0.15) is 0 Å². The van der Waals surface area contributed by atoms with Crippen molar-refractivity contribution in [3.8, 4) is 0 Å². The van der Waals surface area contributed by atoms with E-state index in [1.807, 2.05) is 36.4 Å². The van der Waals surface area contributed by atoms with Gasteiger partial charge in [0.05, 0.1) is 0 Å². The van der Waals surface area contributed by atoms with Crippen molar-refractivity contribution in [3.63, 3.8) is 0 Å². The Morgan fingerprint density at radius 3 is 2.41 bits per heavy atom. The molecule has 2 aromatic rings. The molecule has 4 heteroatoms. The van der Waals surface area contributed by atoms with Gasteiger partial charge in [-0.3, -0.25) is 0 Å². The van der Waals surface area contributed by atoms with Gasteiger partial charge >= 0.3 is 100 Å². The fourth-order valence-corrected chi connectivity index (χ4v) is 3.98. The average molecular weight is 252 g/mol. The van der Waals surface area contributed by atoms with Crippen LogP contribution in [0.4, 0.5) is 0 Å². The Balaban J connectivity index is 2.71. The summed E-state index contributed by atoms with van der Waals surface area (Å²) in [5.74, 6) is 0. The van der Waals surface area contributed by atoms with Crippen LogP contribution in [0.5, 0.6) is 0 Å². The number of benzene rings is 2. The molecular weight excluding hydrogens is 235 g/mol. The molecule has 2 N–H and O–H groups in total. The van der Waals surface area contributed by atoms with Crippen LogP contribution in [0, 0.1) is 0 Å². The molecule has 3 nitrogen and oxygen atoms in total. The fraction of sp³-hybridized carbons (Fsp3) is 0.231. The average Bonchev–Trinajstić information content (AvgIpc) is 2.27. The Morgan fingerprint density at radius 2 is 1.71 bits per heavy atom. The van der Waals surface area contributed by atoms with E-state index in [9.17, 15) is 9.79 Å². The van der Waals surface area contributed by atoms with Crippen molar-refractivity contribution in [3.05, 3.63) is 42.5 Å². The molecule has 92 valence electrons. The monoisotopic (exact) mass is 252 g/mol. The molecule has 0 aliphatic carbocycles. The second-order valence-electron chi connectivity index (χ2n) is 4.27. The van der Waals surface area contributed by atoms with Crippen LogP contribution < -0.4 is 5.30 Å². The van der Waals surface area contributed by atoms with Crippen LogP contribution >= 0.6 is 7.28 Å². The van der Waals surface area contributed by atoms with Gasteiger partial charge in [-0.25, -0.2) is 0 Å². The molecule has 0 heterocycles. The summed E-state index contributed by atoms with van der Waals surface area (Å²) >= 11 is 0. The zero-order valence-electron chi connectivity index (χ0n) is 10.00. The van der Waals surface area contributed by atoms with Crippen LogP contribution in [0.15, 0.2) is 42.5 Å². The molecular formula is C13H17O3P. The van der Waals surface area contributed by atoms with Crippen molar-refractivity contribution >= 4 is 23.4 Å². The van der Waals surface area contributed by atoms with Gasteiger partial charge < -0.3 is 0 Å². The van der Waals surface area contributed by atoms with Gasteiger partial charge in [-0.15, -0.1) is 0 Å². The van der Waals surface area contributed by atoms with E-state index in [-0.39, 0.29) is 6.61 Å². The van der Waals surface area contributed by atoms with E-state index < -0.39 is 7.28 Å². The molecule has 0 bridgehead atoms. The first-order chi connectivity index (χ1) is 7.92. The van der Waals surface area contributed by atoms with Crippen molar-refractivity contribution in [2.75, 3.05) is 13.3 Å². The molecule has 17 heavy (non-hydrogen) atoms. The summed E-state index contributed by atoms with van der Waals surface area (Å²) in [5, 5.41) is 2.29. The summed E-state index contributed by atoms with van der Waals surface area (Å²) in [7, 11) is -4.22. The predicted octanol–water partition coefficient (Wildman–Crippen LogP) is 2.41. The van der Waals surface area contributed by atoms with E-state index in [0.29, 0.717) is 5.30 Å². The third-order valence-corrected chi connectivity index (χ3v) is 5.14. The Bertz CT molecular complexity index is 538. The first-order valence-corrected chi connectivity index (χ1v) is 8.08. The quantitative estimate of drug-likeness (QED) is 0.825. The Hall–Kier alpha value is -0.990. The fourth-order valence-electron chi connectivity index (χ4n) is 2.04. The SMILES string of the molecule is CCOP(C)(O)(O)c1cccc2ccccc12. The number of fused-ring (bicyclic) bond motifs is 1. The Morgan fingerprint density at radius 1 is 1.06 bits per heavy atom. The number of rotatable bonds is 3. The van der Waals surface area contributed by atoms with Gasteiger partial charge in [-0.05, 0) is 0 Å². The van der Waals surface area contributed by atoms with Crippen molar-refractivity contribution in [2.45, 2.75) is 6.92 Å². The summed E-state index contributed by atoms with van der Waals surface area (Å²) < 4.78 is 5.25. The zero-order valence-corrected chi connectivity index (χ0v) is 10.9. The van der Waals surface area contributed by atoms with Gasteiger partial charge in [0.2, 0.25) is 0 Å². The second-order valence-corrected chi connectivity index (χ2v) is 7.71.